The number of hydrogen-bond donors (Lipinski definition) is 2. The number of hydrogen-bond acceptors (Lipinski definition) is 4. The molecule has 2 aliphatic rings. The molecule has 1 aliphatic heterocycles. The number of carboxylic acid groups (broad SMARTS) is 1. The Balaban J connectivity index is 1.42. The minimum absolute atomic E-state index is 0.0627. The molecule has 1 atom stereocenters. The van der Waals surface area contributed by atoms with Gasteiger partial charge in [0.2, 0.25) is 5.91 Å². The minimum Gasteiger partial charge on any atom is -0.481 e. The number of carbonyl (C=O) groups excluding carboxylic acids is 2. The number of likely N-dealkylation sites (tertiary alicyclic amines) is 1. The monoisotopic (exact) mass is 464 g/mol. The van der Waals surface area contributed by atoms with Gasteiger partial charge in [0.1, 0.15) is 12.6 Å². The molecule has 1 heterocycles. The molecular weight excluding hydrogens is 432 g/mol. The van der Waals surface area contributed by atoms with Crippen molar-refractivity contribution in [2.45, 2.75) is 51.5 Å². The molecule has 2 aromatic rings. The van der Waals surface area contributed by atoms with Crippen LogP contribution in [0.4, 0.5) is 4.79 Å². The zero-order chi connectivity index (χ0) is 24.3. The number of carboxylic acids is 1. The third-order valence-electron chi connectivity index (χ3n) is 7.56. The summed E-state index contributed by atoms with van der Waals surface area (Å²) in [7, 11) is 0. The lowest BCUT2D eigenvalue weighted by Gasteiger charge is -2.28. The van der Waals surface area contributed by atoms with Crippen molar-refractivity contribution < 1.29 is 24.2 Å². The Morgan fingerprint density at radius 1 is 1.06 bits per heavy atom. The van der Waals surface area contributed by atoms with E-state index in [0.717, 1.165) is 41.5 Å². The lowest BCUT2D eigenvalue weighted by atomic mass is 9.82. The molecule has 2 amide bonds. The number of aliphatic carboxylic acids is 1. The van der Waals surface area contributed by atoms with E-state index in [-0.39, 0.29) is 23.8 Å². The van der Waals surface area contributed by atoms with Crippen molar-refractivity contribution in [3.05, 3.63) is 59.7 Å². The van der Waals surface area contributed by atoms with E-state index >= 15 is 0 Å². The smallest absolute Gasteiger partial charge is 0.407 e. The highest BCUT2D eigenvalue weighted by atomic mass is 16.5. The van der Waals surface area contributed by atoms with Crippen molar-refractivity contribution in [3.63, 3.8) is 0 Å². The molecular formula is C27H32N2O5. The van der Waals surface area contributed by atoms with Crippen LogP contribution >= 0.6 is 0 Å². The summed E-state index contributed by atoms with van der Waals surface area (Å²) < 4.78 is 5.53. The average molecular weight is 465 g/mol. The third-order valence-corrected chi connectivity index (χ3v) is 7.56. The summed E-state index contributed by atoms with van der Waals surface area (Å²) in [4.78, 5) is 38.9. The first-order valence-electron chi connectivity index (χ1n) is 12.0. The number of ether oxygens (including phenoxy) is 1. The molecule has 0 aromatic heterocycles. The molecule has 4 rings (SSSR count). The average Bonchev–Trinajstić information content (AvgIpc) is 3.42. The van der Waals surface area contributed by atoms with Gasteiger partial charge in [-0.15, -0.1) is 0 Å². The molecule has 34 heavy (non-hydrogen) atoms. The molecule has 1 unspecified atom stereocenters. The van der Waals surface area contributed by atoms with Crippen LogP contribution in [0.2, 0.25) is 0 Å². The van der Waals surface area contributed by atoms with E-state index in [1.807, 2.05) is 36.4 Å². The first kappa shape index (κ1) is 23.8. The number of rotatable bonds is 8. The summed E-state index contributed by atoms with van der Waals surface area (Å²) in [6.07, 6.45) is 1.53. The number of carbonyl (C=O) groups is 3. The van der Waals surface area contributed by atoms with Crippen LogP contribution in [-0.2, 0) is 14.3 Å². The third kappa shape index (κ3) is 4.65. The number of nitrogens with zero attached hydrogens (tertiary/aromatic N) is 1. The van der Waals surface area contributed by atoms with E-state index in [9.17, 15) is 19.5 Å². The van der Waals surface area contributed by atoms with Crippen molar-refractivity contribution in [2.24, 2.45) is 5.41 Å². The van der Waals surface area contributed by atoms with E-state index in [4.69, 9.17) is 4.74 Å². The summed E-state index contributed by atoms with van der Waals surface area (Å²) in [5, 5.41) is 11.9. The standard InChI is InChI=1S/C27H32N2O5/c1-3-27(4-2)13-14-29(17-27)25(32)23(15-24(30)31)28-26(33)34-16-22-20-11-7-5-9-18(20)19-10-6-8-12-21(19)22/h5-12,22-23H,3-4,13-17H2,1-2H3,(H,28,33)(H,30,31). The van der Waals surface area contributed by atoms with Gasteiger partial charge in [0.25, 0.3) is 0 Å². The van der Waals surface area contributed by atoms with Gasteiger partial charge in [0.05, 0.1) is 6.42 Å². The fraction of sp³-hybridized carbons (Fsp3) is 0.444. The Bertz CT molecular complexity index is 1030. The molecule has 0 saturated carbocycles. The van der Waals surface area contributed by atoms with E-state index < -0.39 is 24.5 Å². The Morgan fingerprint density at radius 2 is 1.65 bits per heavy atom. The zero-order valence-corrected chi connectivity index (χ0v) is 19.8. The molecule has 7 heteroatoms. The second kappa shape index (κ2) is 9.87. The minimum atomic E-state index is -1.15. The van der Waals surface area contributed by atoms with Gasteiger partial charge in [0, 0.05) is 19.0 Å². The molecule has 2 N–H and O–H groups in total. The van der Waals surface area contributed by atoms with Crippen LogP contribution in [-0.4, -0.2) is 53.7 Å². The van der Waals surface area contributed by atoms with Crippen LogP contribution in [0.15, 0.2) is 48.5 Å². The SMILES string of the molecule is CCC1(CC)CCN(C(=O)C(CC(=O)O)NC(=O)OCC2c3ccccc3-c3ccccc32)C1. The van der Waals surface area contributed by atoms with Crippen LogP contribution in [0, 0.1) is 5.41 Å². The van der Waals surface area contributed by atoms with Gasteiger partial charge in [-0.2, -0.15) is 0 Å². The van der Waals surface area contributed by atoms with Crippen molar-refractivity contribution in [1.29, 1.82) is 0 Å². The summed E-state index contributed by atoms with van der Waals surface area (Å²) in [6.45, 7) is 5.49. The van der Waals surface area contributed by atoms with E-state index in [0.29, 0.717) is 13.1 Å². The van der Waals surface area contributed by atoms with E-state index in [1.54, 1.807) is 4.90 Å². The van der Waals surface area contributed by atoms with Gasteiger partial charge in [-0.3, -0.25) is 9.59 Å². The summed E-state index contributed by atoms with van der Waals surface area (Å²) >= 11 is 0. The number of benzene rings is 2. The van der Waals surface area contributed by atoms with Crippen LogP contribution < -0.4 is 5.32 Å². The summed E-state index contributed by atoms with van der Waals surface area (Å²) in [5.41, 5.74) is 4.47. The topological polar surface area (TPSA) is 95.9 Å². The van der Waals surface area contributed by atoms with Gasteiger partial charge >= 0.3 is 12.1 Å². The second-order valence-corrected chi connectivity index (χ2v) is 9.34. The molecule has 2 aromatic carbocycles. The molecule has 0 radical (unpaired) electrons. The van der Waals surface area contributed by atoms with Gasteiger partial charge in [-0.1, -0.05) is 62.4 Å². The van der Waals surface area contributed by atoms with E-state index in [2.05, 4.69) is 31.3 Å². The van der Waals surface area contributed by atoms with Crippen molar-refractivity contribution in [2.75, 3.05) is 19.7 Å². The molecule has 1 saturated heterocycles. The number of alkyl carbamates (subject to hydrolysis) is 1. The van der Waals surface area contributed by atoms with Gasteiger partial charge in [0.15, 0.2) is 0 Å². The summed E-state index contributed by atoms with van der Waals surface area (Å²) in [5.74, 6) is -1.62. The van der Waals surface area contributed by atoms with Gasteiger partial charge in [-0.25, -0.2) is 4.79 Å². The molecule has 180 valence electrons. The largest absolute Gasteiger partial charge is 0.481 e. The zero-order valence-electron chi connectivity index (χ0n) is 19.8. The summed E-state index contributed by atoms with van der Waals surface area (Å²) in [6, 6.07) is 14.9. The molecule has 1 aliphatic carbocycles. The highest BCUT2D eigenvalue weighted by Gasteiger charge is 2.40. The Hall–Kier alpha value is -3.35. The Morgan fingerprint density at radius 3 is 2.18 bits per heavy atom. The predicted molar refractivity (Wildman–Crippen MR) is 128 cm³/mol. The van der Waals surface area contributed by atoms with Crippen molar-refractivity contribution >= 4 is 18.0 Å². The Kier molecular flexibility index (Phi) is 6.91. The van der Waals surface area contributed by atoms with Gasteiger partial charge < -0.3 is 20.1 Å². The molecule has 0 spiro atoms. The second-order valence-electron chi connectivity index (χ2n) is 9.34. The first-order chi connectivity index (χ1) is 16.4. The lowest BCUT2D eigenvalue weighted by molar-refractivity contribution is -0.142. The van der Waals surface area contributed by atoms with Crippen molar-refractivity contribution in [3.8, 4) is 11.1 Å². The molecule has 7 nitrogen and oxygen atoms in total. The predicted octanol–water partition coefficient (Wildman–Crippen LogP) is 4.41. The molecule has 1 fully saturated rings. The maximum absolute atomic E-state index is 13.1. The highest BCUT2D eigenvalue weighted by Crippen LogP contribution is 2.44. The van der Waals surface area contributed by atoms with Crippen LogP contribution in [0.3, 0.4) is 0 Å². The fourth-order valence-electron chi connectivity index (χ4n) is 5.33. The van der Waals surface area contributed by atoms with Crippen molar-refractivity contribution in [1.82, 2.24) is 10.2 Å². The highest BCUT2D eigenvalue weighted by molar-refractivity contribution is 5.89. The maximum atomic E-state index is 13.1. The fourth-order valence-corrected chi connectivity index (χ4v) is 5.33. The quantitative estimate of drug-likeness (QED) is 0.603. The first-order valence-corrected chi connectivity index (χ1v) is 12.0. The Labute approximate surface area is 200 Å². The lowest BCUT2D eigenvalue weighted by Crippen LogP contribution is -2.49. The van der Waals surface area contributed by atoms with Gasteiger partial charge in [-0.05, 0) is 46.9 Å². The number of fused-ring (bicyclic) bond motifs is 3. The molecule has 0 bridgehead atoms. The number of nitrogens with one attached hydrogen (secondary N) is 1. The van der Waals surface area contributed by atoms with Crippen LogP contribution in [0.5, 0.6) is 0 Å². The number of amides is 2. The van der Waals surface area contributed by atoms with Crippen LogP contribution in [0.25, 0.3) is 11.1 Å². The normalized spacial score (nSPS) is 17.1. The van der Waals surface area contributed by atoms with Crippen LogP contribution in [0.1, 0.15) is 56.6 Å². The van der Waals surface area contributed by atoms with E-state index in [1.165, 1.54) is 0 Å². The maximum Gasteiger partial charge on any atom is 0.407 e.